The Morgan fingerprint density at radius 2 is 1.93 bits per heavy atom. The average molecular weight is 384 g/mol. The molecule has 0 radical (unpaired) electrons. The van der Waals surface area contributed by atoms with E-state index in [9.17, 15) is 4.79 Å². The third-order valence-corrected chi connectivity index (χ3v) is 5.21. The molecule has 0 unspecified atom stereocenters. The summed E-state index contributed by atoms with van der Waals surface area (Å²) in [4.78, 5) is 19.5. The second-order valence-electron chi connectivity index (χ2n) is 7.30. The summed E-state index contributed by atoms with van der Waals surface area (Å²) in [6.07, 6.45) is 3.58. The van der Waals surface area contributed by atoms with Gasteiger partial charge in [-0.1, -0.05) is 36.4 Å². The van der Waals surface area contributed by atoms with Crippen LogP contribution in [0.3, 0.4) is 0 Å². The minimum absolute atomic E-state index is 0.0865. The monoisotopic (exact) mass is 384 g/mol. The van der Waals surface area contributed by atoms with Gasteiger partial charge in [0.25, 0.3) is 0 Å². The van der Waals surface area contributed by atoms with Gasteiger partial charge in [0.1, 0.15) is 18.2 Å². The van der Waals surface area contributed by atoms with Crippen molar-refractivity contribution in [2.24, 2.45) is 0 Å². The van der Waals surface area contributed by atoms with E-state index in [4.69, 9.17) is 9.47 Å². The van der Waals surface area contributed by atoms with E-state index in [1.165, 1.54) is 0 Å². The summed E-state index contributed by atoms with van der Waals surface area (Å²) in [5.74, 6) is 1.68. The van der Waals surface area contributed by atoms with Crippen molar-refractivity contribution < 1.29 is 14.3 Å². The Kier molecular flexibility index (Phi) is 4.37. The highest BCUT2D eigenvalue weighted by Crippen LogP contribution is 2.43. The maximum atomic E-state index is 13.0. The number of fused-ring (bicyclic) bond motifs is 2. The van der Waals surface area contributed by atoms with Crippen molar-refractivity contribution in [2.75, 3.05) is 6.73 Å². The summed E-state index contributed by atoms with van der Waals surface area (Å²) < 4.78 is 12.0. The molecule has 29 heavy (non-hydrogen) atoms. The molecule has 2 aliphatic heterocycles. The lowest BCUT2D eigenvalue weighted by Gasteiger charge is -2.30. The lowest BCUT2D eigenvalue weighted by atomic mass is 10.00. The molecular weight excluding hydrogens is 364 g/mol. The first-order chi connectivity index (χ1) is 14.2. The van der Waals surface area contributed by atoms with Gasteiger partial charge in [-0.3, -0.25) is 14.7 Å². The fourth-order valence-corrected chi connectivity index (χ4v) is 3.82. The molecule has 2 aliphatic rings. The molecule has 144 valence electrons. The van der Waals surface area contributed by atoms with Gasteiger partial charge >= 0.3 is 0 Å². The molecule has 1 aromatic heterocycles. The number of Topliss-reactive ketones (excluding diaryl/α,β-unsaturated/α-hetero) is 1. The first kappa shape index (κ1) is 17.6. The predicted octanol–water partition coefficient (Wildman–Crippen LogP) is 4.36. The number of carbonyl (C=O) groups is 1. The van der Waals surface area contributed by atoms with Crippen molar-refractivity contribution in [3.63, 3.8) is 0 Å². The van der Waals surface area contributed by atoms with Gasteiger partial charge in [-0.2, -0.15) is 0 Å². The highest BCUT2D eigenvalue weighted by Gasteiger charge is 2.33. The number of hydrogen-bond acceptors (Lipinski definition) is 5. The smallest absolute Gasteiger partial charge is 0.231 e. The minimum Gasteiger partial charge on any atom is -0.477 e. The molecule has 2 aromatic carbocycles. The van der Waals surface area contributed by atoms with Crippen molar-refractivity contribution in [3.05, 3.63) is 94.5 Å². The number of ether oxygens (including phenoxy) is 2. The normalized spacial score (nSPS) is 16.9. The Balaban J connectivity index is 1.44. The standard InChI is InChI=1S/C24H20N2O3/c1-16-23-18(13-26(15-28-23)14-19-9-5-6-10-25-19)12-20-22(27)21(29-24(16)20)11-17-7-3-2-4-8-17/h2-12H,13-15H2,1H3. The second kappa shape index (κ2) is 7.18. The van der Waals surface area contributed by atoms with Crippen molar-refractivity contribution in [1.29, 1.82) is 0 Å². The van der Waals surface area contributed by atoms with Crippen molar-refractivity contribution in [3.8, 4) is 11.5 Å². The molecule has 3 aromatic rings. The topological polar surface area (TPSA) is 51.7 Å². The number of aromatic nitrogens is 1. The van der Waals surface area contributed by atoms with Crippen LogP contribution in [0.25, 0.3) is 6.08 Å². The van der Waals surface area contributed by atoms with E-state index in [-0.39, 0.29) is 5.78 Å². The third-order valence-electron chi connectivity index (χ3n) is 5.21. The van der Waals surface area contributed by atoms with E-state index in [0.29, 0.717) is 36.9 Å². The Morgan fingerprint density at radius 1 is 1.10 bits per heavy atom. The van der Waals surface area contributed by atoms with Crippen molar-refractivity contribution in [2.45, 2.75) is 20.0 Å². The van der Waals surface area contributed by atoms with Gasteiger partial charge in [0.05, 0.1) is 11.3 Å². The lowest BCUT2D eigenvalue weighted by molar-refractivity contribution is 0.0865. The Morgan fingerprint density at radius 3 is 2.72 bits per heavy atom. The van der Waals surface area contributed by atoms with E-state index < -0.39 is 0 Å². The molecule has 0 saturated heterocycles. The van der Waals surface area contributed by atoms with Gasteiger partial charge in [-0.15, -0.1) is 0 Å². The molecule has 0 aliphatic carbocycles. The molecule has 0 amide bonds. The summed E-state index contributed by atoms with van der Waals surface area (Å²) in [5, 5.41) is 0. The zero-order valence-electron chi connectivity index (χ0n) is 16.1. The van der Waals surface area contributed by atoms with Crippen LogP contribution >= 0.6 is 0 Å². The summed E-state index contributed by atoms with van der Waals surface area (Å²) in [7, 11) is 0. The molecule has 5 nitrogen and oxygen atoms in total. The summed E-state index contributed by atoms with van der Waals surface area (Å²) in [6, 6.07) is 17.5. The van der Waals surface area contributed by atoms with Crippen LogP contribution in [-0.4, -0.2) is 22.4 Å². The van der Waals surface area contributed by atoms with Gasteiger partial charge in [0.2, 0.25) is 5.78 Å². The summed E-state index contributed by atoms with van der Waals surface area (Å²) in [6.45, 7) is 3.82. The Hall–Kier alpha value is -3.44. The maximum Gasteiger partial charge on any atom is 0.231 e. The fraction of sp³-hybridized carbons (Fsp3) is 0.167. The SMILES string of the molecule is Cc1c2c(cc3c1OC(=Cc1ccccc1)C3=O)CN(Cc1ccccn1)CO2. The average Bonchev–Trinajstić information content (AvgIpc) is 3.05. The lowest BCUT2D eigenvalue weighted by Crippen LogP contribution is -2.32. The number of rotatable bonds is 3. The second-order valence-corrected chi connectivity index (χ2v) is 7.30. The van der Waals surface area contributed by atoms with Crippen LogP contribution in [0.2, 0.25) is 0 Å². The van der Waals surface area contributed by atoms with E-state index in [1.807, 2.05) is 61.5 Å². The van der Waals surface area contributed by atoms with Crippen LogP contribution in [-0.2, 0) is 13.1 Å². The molecule has 5 rings (SSSR count). The van der Waals surface area contributed by atoms with Crippen LogP contribution in [0.5, 0.6) is 11.5 Å². The van der Waals surface area contributed by atoms with Crippen LogP contribution < -0.4 is 9.47 Å². The van der Waals surface area contributed by atoms with Crippen molar-refractivity contribution >= 4 is 11.9 Å². The summed E-state index contributed by atoms with van der Waals surface area (Å²) in [5.41, 5.74) is 4.40. The van der Waals surface area contributed by atoms with Crippen LogP contribution in [0.1, 0.15) is 32.7 Å². The largest absolute Gasteiger partial charge is 0.477 e. The fourth-order valence-electron chi connectivity index (χ4n) is 3.82. The van der Waals surface area contributed by atoms with Gasteiger partial charge in [0.15, 0.2) is 5.76 Å². The number of allylic oxidation sites excluding steroid dienone is 1. The van der Waals surface area contributed by atoms with E-state index in [1.54, 1.807) is 12.3 Å². The van der Waals surface area contributed by atoms with Gasteiger partial charge in [0, 0.05) is 30.4 Å². The highest BCUT2D eigenvalue weighted by atomic mass is 16.5. The van der Waals surface area contributed by atoms with E-state index in [0.717, 1.165) is 28.1 Å². The van der Waals surface area contributed by atoms with Gasteiger partial charge in [-0.05, 0) is 36.8 Å². The van der Waals surface area contributed by atoms with Gasteiger partial charge < -0.3 is 9.47 Å². The molecule has 0 bridgehead atoms. The zero-order chi connectivity index (χ0) is 19.8. The number of pyridine rings is 1. The quantitative estimate of drug-likeness (QED) is 0.628. The maximum absolute atomic E-state index is 13.0. The molecule has 0 spiro atoms. The van der Waals surface area contributed by atoms with E-state index >= 15 is 0 Å². The van der Waals surface area contributed by atoms with Crippen LogP contribution in [0, 0.1) is 6.92 Å². The highest BCUT2D eigenvalue weighted by molar-refractivity contribution is 6.15. The number of benzene rings is 2. The van der Waals surface area contributed by atoms with Gasteiger partial charge in [-0.25, -0.2) is 0 Å². The molecule has 0 saturated carbocycles. The zero-order valence-corrected chi connectivity index (χ0v) is 16.1. The number of hydrogen-bond donors (Lipinski definition) is 0. The first-order valence-corrected chi connectivity index (χ1v) is 9.60. The van der Waals surface area contributed by atoms with Crippen LogP contribution in [0.4, 0.5) is 0 Å². The molecule has 3 heterocycles. The Bertz CT molecular complexity index is 1110. The van der Waals surface area contributed by atoms with E-state index in [2.05, 4.69) is 9.88 Å². The molecular formula is C24H20N2O3. The molecule has 0 fully saturated rings. The molecule has 0 N–H and O–H groups in total. The minimum atomic E-state index is -0.0865. The Labute approximate surface area is 169 Å². The third kappa shape index (κ3) is 3.30. The number of nitrogens with zero attached hydrogens (tertiary/aromatic N) is 2. The molecule has 0 atom stereocenters. The predicted molar refractivity (Wildman–Crippen MR) is 110 cm³/mol. The summed E-state index contributed by atoms with van der Waals surface area (Å²) >= 11 is 0. The van der Waals surface area contributed by atoms with Crippen LogP contribution in [0.15, 0.2) is 66.6 Å². The molecule has 5 heteroatoms. The first-order valence-electron chi connectivity index (χ1n) is 9.60. The van der Waals surface area contributed by atoms with Crippen molar-refractivity contribution in [1.82, 2.24) is 9.88 Å². The number of ketones is 1. The number of carbonyl (C=O) groups excluding carboxylic acids is 1.